The summed E-state index contributed by atoms with van der Waals surface area (Å²) in [5.74, 6) is -0.722. The first-order valence-electron chi connectivity index (χ1n) is 9.76. The number of methoxy groups -OCH3 is 1. The van der Waals surface area contributed by atoms with Gasteiger partial charge in [0.05, 0.1) is 18.4 Å². The maximum absolute atomic E-state index is 13.4. The van der Waals surface area contributed by atoms with Crippen LogP contribution >= 0.6 is 0 Å². The average molecular weight is 416 g/mol. The molecule has 0 spiro atoms. The van der Waals surface area contributed by atoms with Crippen molar-refractivity contribution in [3.63, 3.8) is 0 Å². The molecule has 0 radical (unpaired) electrons. The molecule has 4 rings (SSSR count). The SMILES string of the molecule is COc1ccc(NC2=C(c3ccc(C)cc3C)C(=O)N(c3ccc(F)cc3)C2=O)cc1. The molecule has 0 bridgehead atoms. The zero-order valence-corrected chi connectivity index (χ0v) is 17.4. The van der Waals surface area contributed by atoms with E-state index in [2.05, 4.69) is 5.32 Å². The monoisotopic (exact) mass is 416 g/mol. The van der Waals surface area contributed by atoms with Gasteiger partial charge in [-0.15, -0.1) is 0 Å². The van der Waals surface area contributed by atoms with Crippen LogP contribution in [-0.2, 0) is 9.59 Å². The summed E-state index contributed by atoms with van der Waals surface area (Å²) in [6, 6.07) is 18.1. The zero-order chi connectivity index (χ0) is 22.1. The molecule has 31 heavy (non-hydrogen) atoms. The van der Waals surface area contributed by atoms with E-state index in [-0.39, 0.29) is 11.3 Å². The van der Waals surface area contributed by atoms with E-state index in [1.807, 2.05) is 32.0 Å². The van der Waals surface area contributed by atoms with Gasteiger partial charge in [0.2, 0.25) is 0 Å². The van der Waals surface area contributed by atoms with Crippen molar-refractivity contribution < 1.29 is 18.7 Å². The molecule has 0 aromatic heterocycles. The summed E-state index contributed by atoms with van der Waals surface area (Å²) >= 11 is 0. The lowest BCUT2D eigenvalue weighted by molar-refractivity contribution is -0.120. The van der Waals surface area contributed by atoms with E-state index in [1.165, 1.54) is 24.3 Å². The molecule has 5 nitrogen and oxygen atoms in total. The summed E-state index contributed by atoms with van der Waals surface area (Å²) in [5.41, 5.74) is 4.01. The molecule has 156 valence electrons. The Hall–Kier alpha value is -3.93. The first-order valence-corrected chi connectivity index (χ1v) is 9.76. The minimum absolute atomic E-state index is 0.173. The Morgan fingerprint density at radius 3 is 2.16 bits per heavy atom. The predicted molar refractivity (Wildman–Crippen MR) is 118 cm³/mol. The Morgan fingerprint density at radius 1 is 0.871 bits per heavy atom. The molecule has 3 aromatic carbocycles. The number of nitrogens with zero attached hydrogens (tertiary/aromatic N) is 1. The summed E-state index contributed by atoms with van der Waals surface area (Å²) in [5, 5.41) is 3.11. The van der Waals surface area contributed by atoms with Crippen molar-refractivity contribution in [2.24, 2.45) is 0 Å². The van der Waals surface area contributed by atoms with E-state index in [0.717, 1.165) is 16.0 Å². The van der Waals surface area contributed by atoms with Crippen LogP contribution in [0.25, 0.3) is 5.57 Å². The second-order valence-electron chi connectivity index (χ2n) is 7.34. The fraction of sp³-hybridized carbons (Fsp3) is 0.120. The van der Waals surface area contributed by atoms with Crippen LogP contribution in [0.4, 0.5) is 15.8 Å². The van der Waals surface area contributed by atoms with Crippen molar-refractivity contribution in [1.29, 1.82) is 0 Å². The number of imide groups is 1. The maximum atomic E-state index is 13.4. The fourth-order valence-corrected chi connectivity index (χ4v) is 3.63. The number of ether oxygens (including phenoxy) is 1. The topological polar surface area (TPSA) is 58.6 Å². The lowest BCUT2D eigenvalue weighted by atomic mass is 9.97. The highest BCUT2D eigenvalue weighted by atomic mass is 19.1. The molecule has 0 fully saturated rings. The number of carbonyl (C=O) groups excluding carboxylic acids is 2. The standard InChI is InChI=1S/C25H21FN2O3/c1-15-4-13-21(16(2)14-15)22-23(27-18-7-11-20(31-3)12-8-18)25(30)28(24(22)29)19-9-5-17(26)6-10-19/h4-14,27H,1-3H3. The smallest absolute Gasteiger partial charge is 0.282 e. The van der Waals surface area contributed by atoms with Crippen molar-refractivity contribution >= 4 is 28.8 Å². The van der Waals surface area contributed by atoms with Gasteiger partial charge in [0.25, 0.3) is 11.8 Å². The number of halogens is 1. The molecule has 2 amide bonds. The van der Waals surface area contributed by atoms with Crippen LogP contribution in [0.15, 0.2) is 72.4 Å². The number of aryl methyl sites for hydroxylation is 2. The molecule has 1 aliphatic rings. The summed E-state index contributed by atoms with van der Waals surface area (Å²) in [7, 11) is 1.57. The molecule has 6 heteroatoms. The third-order valence-corrected chi connectivity index (χ3v) is 5.18. The number of rotatable bonds is 5. The quantitative estimate of drug-likeness (QED) is 0.604. The van der Waals surface area contributed by atoms with Gasteiger partial charge in [0, 0.05) is 5.69 Å². The molecule has 0 aliphatic carbocycles. The Bertz CT molecular complexity index is 1200. The molecule has 1 N–H and O–H groups in total. The van der Waals surface area contributed by atoms with Gasteiger partial charge >= 0.3 is 0 Å². The van der Waals surface area contributed by atoms with E-state index >= 15 is 0 Å². The highest BCUT2D eigenvalue weighted by Gasteiger charge is 2.40. The van der Waals surface area contributed by atoms with Gasteiger partial charge < -0.3 is 10.1 Å². The van der Waals surface area contributed by atoms with E-state index in [1.54, 1.807) is 31.4 Å². The Morgan fingerprint density at radius 2 is 1.55 bits per heavy atom. The third kappa shape index (κ3) is 3.80. The van der Waals surface area contributed by atoms with Gasteiger partial charge in [-0.2, -0.15) is 0 Å². The number of hydrogen-bond acceptors (Lipinski definition) is 4. The van der Waals surface area contributed by atoms with Crippen molar-refractivity contribution in [2.45, 2.75) is 13.8 Å². The average Bonchev–Trinajstić information content (AvgIpc) is 2.99. The van der Waals surface area contributed by atoms with E-state index in [4.69, 9.17) is 4.74 Å². The van der Waals surface area contributed by atoms with Crippen molar-refractivity contribution in [3.8, 4) is 5.75 Å². The van der Waals surface area contributed by atoms with Crippen LogP contribution in [0.2, 0.25) is 0 Å². The van der Waals surface area contributed by atoms with Gasteiger partial charge in [0.15, 0.2) is 0 Å². The molecule has 0 saturated heterocycles. The van der Waals surface area contributed by atoms with Gasteiger partial charge in [0.1, 0.15) is 17.3 Å². The van der Waals surface area contributed by atoms with E-state index in [0.29, 0.717) is 22.7 Å². The Labute approximate surface area is 179 Å². The highest BCUT2D eigenvalue weighted by molar-refractivity contribution is 6.46. The molecule has 0 atom stereocenters. The first kappa shape index (κ1) is 20.3. The van der Waals surface area contributed by atoms with E-state index in [9.17, 15) is 14.0 Å². The first-order chi connectivity index (χ1) is 14.9. The van der Waals surface area contributed by atoms with Gasteiger partial charge in [-0.25, -0.2) is 9.29 Å². The van der Waals surface area contributed by atoms with Gasteiger partial charge in [-0.1, -0.05) is 23.8 Å². The van der Waals surface area contributed by atoms with Gasteiger partial charge in [-0.05, 0) is 73.5 Å². The Balaban J connectivity index is 1.82. The second kappa shape index (κ2) is 8.07. The molecule has 0 saturated carbocycles. The number of benzene rings is 3. The Kier molecular flexibility index (Phi) is 5.29. The van der Waals surface area contributed by atoms with Crippen LogP contribution in [-0.4, -0.2) is 18.9 Å². The lowest BCUT2D eigenvalue weighted by Gasteiger charge is -2.15. The van der Waals surface area contributed by atoms with E-state index < -0.39 is 17.6 Å². The minimum atomic E-state index is -0.498. The second-order valence-corrected chi connectivity index (χ2v) is 7.34. The molecule has 3 aromatic rings. The fourth-order valence-electron chi connectivity index (χ4n) is 3.63. The molecule has 1 aliphatic heterocycles. The lowest BCUT2D eigenvalue weighted by Crippen LogP contribution is -2.32. The summed E-state index contributed by atoms with van der Waals surface area (Å²) in [6.07, 6.45) is 0. The number of hydrogen-bond donors (Lipinski definition) is 1. The maximum Gasteiger partial charge on any atom is 0.282 e. The largest absolute Gasteiger partial charge is 0.497 e. The van der Waals surface area contributed by atoms with Crippen molar-refractivity contribution in [1.82, 2.24) is 0 Å². The van der Waals surface area contributed by atoms with Crippen LogP contribution in [0.3, 0.4) is 0 Å². The third-order valence-electron chi connectivity index (χ3n) is 5.18. The molecule has 0 unspecified atom stereocenters. The highest BCUT2D eigenvalue weighted by Crippen LogP contribution is 2.35. The summed E-state index contributed by atoms with van der Waals surface area (Å²) in [6.45, 7) is 3.87. The number of nitrogens with one attached hydrogen (secondary N) is 1. The van der Waals surface area contributed by atoms with Crippen molar-refractivity contribution in [3.05, 3.63) is 94.9 Å². The number of amides is 2. The number of carbonyl (C=O) groups is 2. The predicted octanol–water partition coefficient (Wildman–Crippen LogP) is 4.85. The van der Waals surface area contributed by atoms with Crippen LogP contribution in [0.5, 0.6) is 5.75 Å². The van der Waals surface area contributed by atoms with Crippen molar-refractivity contribution in [2.75, 3.05) is 17.3 Å². The molecule has 1 heterocycles. The van der Waals surface area contributed by atoms with Crippen LogP contribution < -0.4 is 15.0 Å². The molecular formula is C25H21FN2O3. The van der Waals surface area contributed by atoms with Gasteiger partial charge in [-0.3, -0.25) is 9.59 Å². The van der Waals surface area contributed by atoms with Crippen LogP contribution in [0, 0.1) is 19.7 Å². The summed E-state index contributed by atoms with van der Waals surface area (Å²) < 4.78 is 18.6. The van der Waals surface area contributed by atoms with Crippen LogP contribution in [0.1, 0.15) is 16.7 Å². The number of anilines is 2. The summed E-state index contributed by atoms with van der Waals surface area (Å²) in [4.78, 5) is 27.9. The normalized spacial score (nSPS) is 13.7. The minimum Gasteiger partial charge on any atom is -0.497 e. The molecular weight excluding hydrogens is 395 g/mol. The zero-order valence-electron chi connectivity index (χ0n) is 17.4.